The van der Waals surface area contributed by atoms with E-state index in [1.165, 1.54) is 23.2 Å². The van der Waals surface area contributed by atoms with E-state index in [1.54, 1.807) is 0 Å². The molecule has 1 atom stereocenters. The number of hydrogen-bond donors (Lipinski definition) is 2. The number of nitrogens with two attached hydrogens (primary N) is 1. The Morgan fingerprint density at radius 2 is 1.91 bits per heavy atom. The fourth-order valence-electron chi connectivity index (χ4n) is 4.48. The van der Waals surface area contributed by atoms with Crippen LogP contribution in [0.25, 0.3) is 0 Å². The largest absolute Gasteiger partial charge is 0.388 e. The molecule has 2 aromatic carbocycles. The fourth-order valence-corrected chi connectivity index (χ4v) is 4.48. The average Bonchev–Trinajstić information content (AvgIpc) is 2.87. The number of nitrogens with one attached hydrogen (secondary N) is 1. The first-order chi connectivity index (χ1) is 16.6. The number of benzene rings is 2. The third kappa shape index (κ3) is 6.08. The number of hydrogen-bond acceptors (Lipinski definition) is 5. The maximum Gasteiger partial charge on any atom is 0.0909 e. The summed E-state index contributed by atoms with van der Waals surface area (Å²) in [5.41, 5.74) is 12.7. The molecule has 0 saturated carbocycles. The van der Waals surface area contributed by atoms with E-state index < -0.39 is 0 Å². The van der Waals surface area contributed by atoms with Gasteiger partial charge < -0.3 is 11.1 Å². The van der Waals surface area contributed by atoms with Crippen molar-refractivity contribution in [2.45, 2.75) is 45.3 Å². The van der Waals surface area contributed by atoms with Gasteiger partial charge in [-0.05, 0) is 61.1 Å². The zero-order valence-electron chi connectivity index (χ0n) is 20.1. The quantitative estimate of drug-likeness (QED) is 0.340. The molecule has 4 rings (SSSR count). The summed E-state index contributed by atoms with van der Waals surface area (Å²) < 4.78 is 0. The van der Waals surface area contributed by atoms with E-state index in [4.69, 9.17) is 15.7 Å². The Bertz CT molecular complexity index is 1130. The van der Waals surface area contributed by atoms with E-state index in [1.807, 2.05) is 56.7 Å². The Morgan fingerprint density at radius 3 is 2.71 bits per heavy atom. The molecule has 3 N–H and O–H groups in total. The first-order valence-electron chi connectivity index (χ1n) is 12.0. The highest BCUT2D eigenvalue weighted by atomic mass is 15.2. The number of amidine groups is 1. The monoisotopic (exact) mass is 454 g/mol. The molecule has 1 aromatic heterocycles. The molecule has 1 unspecified atom stereocenters. The van der Waals surface area contributed by atoms with E-state index in [2.05, 4.69) is 45.5 Å². The molecule has 1 aliphatic carbocycles. The lowest BCUT2D eigenvalue weighted by Crippen LogP contribution is -2.33. The molecule has 0 radical (unpaired) electrons. The van der Waals surface area contributed by atoms with Crippen molar-refractivity contribution in [2.75, 3.05) is 18.9 Å². The van der Waals surface area contributed by atoms with Gasteiger partial charge in [-0.15, -0.1) is 0 Å². The summed E-state index contributed by atoms with van der Waals surface area (Å²) >= 11 is 0. The number of anilines is 1. The van der Waals surface area contributed by atoms with E-state index >= 15 is 0 Å². The molecule has 3 aromatic rings. The van der Waals surface area contributed by atoms with Crippen molar-refractivity contribution in [3.05, 3.63) is 89.2 Å². The number of nitrogens with zero attached hydrogens (tertiary/aromatic N) is 4. The van der Waals surface area contributed by atoms with Gasteiger partial charge in [0.2, 0.25) is 0 Å². The number of para-hydroxylation sites is 2. The van der Waals surface area contributed by atoms with Gasteiger partial charge in [-0.3, -0.25) is 19.9 Å². The first kappa shape index (κ1) is 23.6. The van der Waals surface area contributed by atoms with Crippen molar-refractivity contribution in [2.24, 2.45) is 15.7 Å². The van der Waals surface area contributed by atoms with Gasteiger partial charge in [-0.1, -0.05) is 42.5 Å². The lowest BCUT2D eigenvalue weighted by molar-refractivity contribution is 0.193. The predicted octanol–water partition coefficient (Wildman–Crippen LogP) is 5.28. The van der Waals surface area contributed by atoms with Crippen LogP contribution in [-0.4, -0.2) is 35.5 Å². The zero-order valence-corrected chi connectivity index (χ0v) is 20.1. The predicted molar refractivity (Wildman–Crippen MR) is 142 cm³/mol. The van der Waals surface area contributed by atoms with Crippen LogP contribution in [0.1, 0.15) is 48.2 Å². The van der Waals surface area contributed by atoms with Gasteiger partial charge in [0.15, 0.2) is 0 Å². The topological polar surface area (TPSA) is 78.9 Å². The first-order valence-corrected chi connectivity index (χ1v) is 12.0. The van der Waals surface area contributed by atoms with E-state index in [0.717, 1.165) is 42.9 Å². The summed E-state index contributed by atoms with van der Waals surface area (Å²) in [7, 11) is 1.93. The standard InChI is InChI=1S/C28H34N6/c1-21(29)33-19-22-12-14-23(15-13-22)20-34(18-17-31-26-10-4-3-9-25(26)30-2)27-11-5-7-24-8-6-16-32-28(24)27/h3-4,6,8-10,12-17,27,30H,5,7,11,18-20H2,1-2H3,(H2,29,33). The lowest BCUT2D eigenvalue weighted by atomic mass is 9.90. The van der Waals surface area contributed by atoms with Crippen LogP contribution in [0.4, 0.5) is 11.4 Å². The maximum absolute atomic E-state index is 5.69. The highest BCUT2D eigenvalue weighted by molar-refractivity contribution is 5.77. The highest BCUT2D eigenvalue weighted by Gasteiger charge is 2.26. The van der Waals surface area contributed by atoms with Gasteiger partial charge in [0, 0.05) is 32.5 Å². The number of rotatable bonds is 9. The molecular formula is C28H34N6. The SMILES string of the molecule is CNc1ccccc1N=CCN(Cc1ccc(CN=C(C)N)cc1)C1CCCc2cccnc21. The minimum Gasteiger partial charge on any atom is -0.388 e. The summed E-state index contributed by atoms with van der Waals surface area (Å²) in [6, 6.07) is 21.3. The molecule has 0 bridgehead atoms. The van der Waals surface area contributed by atoms with Gasteiger partial charge in [0.05, 0.1) is 35.5 Å². The Kier molecular flexibility index (Phi) is 8.04. The Balaban J connectivity index is 1.56. The Labute approximate surface area is 202 Å². The molecule has 1 aliphatic rings. The highest BCUT2D eigenvalue weighted by Crippen LogP contribution is 2.33. The summed E-state index contributed by atoms with van der Waals surface area (Å²) in [4.78, 5) is 16.4. The van der Waals surface area contributed by atoms with Crippen LogP contribution in [-0.2, 0) is 19.5 Å². The molecule has 1 heterocycles. The van der Waals surface area contributed by atoms with Crippen molar-refractivity contribution >= 4 is 23.4 Å². The number of aliphatic imine (C=N–C) groups is 2. The Hall–Kier alpha value is -3.51. The van der Waals surface area contributed by atoms with Crippen LogP contribution in [0.15, 0.2) is 76.8 Å². The fraction of sp³-hybridized carbons (Fsp3) is 0.321. The van der Waals surface area contributed by atoms with Gasteiger partial charge in [0.1, 0.15) is 0 Å². The van der Waals surface area contributed by atoms with Crippen molar-refractivity contribution in [3.8, 4) is 0 Å². The summed E-state index contributed by atoms with van der Waals surface area (Å²) in [5.74, 6) is 0.609. The molecule has 176 valence electrons. The summed E-state index contributed by atoms with van der Waals surface area (Å²) in [6.45, 7) is 4.01. The van der Waals surface area contributed by atoms with Crippen LogP contribution in [0.2, 0.25) is 0 Å². The minimum absolute atomic E-state index is 0.278. The number of aryl methyl sites for hydroxylation is 1. The van der Waals surface area contributed by atoms with Crippen LogP contribution < -0.4 is 11.1 Å². The normalized spacial score (nSPS) is 16.1. The number of aromatic nitrogens is 1. The zero-order chi connectivity index (χ0) is 23.8. The van der Waals surface area contributed by atoms with Crippen molar-refractivity contribution < 1.29 is 0 Å². The molecule has 0 aliphatic heterocycles. The van der Waals surface area contributed by atoms with Gasteiger partial charge in [-0.25, -0.2) is 0 Å². The van der Waals surface area contributed by atoms with Crippen LogP contribution in [0, 0.1) is 0 Å². The molecule has 0 spiro atoms. The molecule has 0 amide bonds. The maximum atomic E-state index is 5.69. The molecule has 0 saturated heterocycles. The van der Waals surface area contributed by atoms with E-state index in [-0.39, 0.29) is 6.04 Å². The minimum atomic E-state index is 0.278. The molecule has 6 heteroatoms. The molecule has 0 fully saturated rings. The van der Waals surface area contributed by atoms with Crippen molar-refractivity contribution in [3.63, 3.8) is 0 Å². The second-order valence-corrected chi connectivity index (χ2v) is 8.74. The third-order valence-electron chi connectivity index (χ3n) is 6.25. The average molecular weight is 455 g/mol. The second kappa shape index (κ2) is 11.6. The van der Waals surface area contributed by atoms with Gasteiger partial charge in [-0.2, -0.15) is 0 Å². The third-order valence-corrected chi connectivity index (χ3v) is 6.25. The van der Waals surface area contributed by atoms with Crippen molar-refractivity contribution in [1.82, 2.24) is 9.88 Å². The van der Waals surface area contributed by atoms with E-state index in [9.17, 15) is 0 Å². The molecule has 34 heavy (non-hydrogen) atoms. The van der Waals surface area contributed by atoms with Gasteiger partial charge in [0.25, 0.3) is 0 Å². The Morgan fingerprint density at radius 1 is 1.12 bits per heavy atom. The summed E-state index contributed by atoms with van der Waals surface area (Å²) in [6.07, 6.45) is 7.33. The second-order valence-electron chi connectivity index (χ2n) is 8.74. The summed E-state index contributed by atoms with van der Waals surface area (Å²) in [5, 5.41) is 3.22. The van der Waals surface area contributed by atoms with Crippen LogP contribution >= 0.6 is 0 Å². The smallest absolute Gasteiger partial charge is 0.0909 e. The van der Waals surface area contributed by atoms with Gasteiger partial charge >= 0.3 is 0 Å². The van der Waals surface area contributed by atoms with E-state index in [0.29, 0.717) is 12.4 Å². The van der Waals surface area contributed by atoms with Crippen LogP contribution in [0.3, 0.4) is 0 Å². The van der Waals surface area contributed by atoms with Crippen LogP contribution in [0.5, 0.6) is 0 Å². The molecule has 6 nitrogen and oxygen atoms in total. The van der Waals surface area contributed by atoms with Crippen molar-refractivity contribution in [1.29, 1.82) is 0 Å². The number of fused-ring (bicyclic) bond motifs is 1. The lowest BCUT2D eigenvalue weighted by Gasteiger charge is -2.34. The molecular weight excluding hydrogens is 420 g/mol. The number of pyridine rings is 1.